The molecule has 24 heavy (non-hydrogen) atoms. The molecule has 0 atom stereocenters. The second-order valence-corrected chi connectivity index (χ2v) is 5.52. The van der Waals surface area contributed by atoms with E-state index in [1.165, 1.54) is 5.56 Å². The summed E-state index contributed by atoms with van der Waals surface area (Å²) in [6.07, 6.45) is 0.927. The molecule has 3 aromatic carbocycles. The van der Waals surface area contributed by atoms with Gasteiger partial charge in [0, 0.05) is 11.4 Å². The van der Waals surface area contributed by atoms with Crippen LogP contribution in [-0.4, -0.2) is 11.8 Å². The third-order valence-corrected chi connectivity index (χ3v) is 3.83. The number of hydrogen-bond donors (Lipinski definition) is 2. The van der Waals surface area contributed by atoms with Crippen LogP contribution in [0.5, 0.6) is 0 Å². The van der Waals surface area contributed by atoms with Gasteiger partial charge in [-0.1, -0.05) is 49.4 Å². The molecule has 4 heteroatoms. The van der Waals surface area contributed by atoms with E-state index in [0.29, 0.717) is 11.4 Å². The number of carbonyl (C=O) groups excluding carboxylic acids is 2. The Morgan fingerprint density at radius 2 is 1.33 bits per heavy atom. The first-order chi connectivity index (χ1) is 11.7. The summed E-state index contributed by atoms with van der Waals surface area (Å²) < 4.78 is 0. The number of amides is 2. The number of nitrogens with one attached hydrogen (secondary N) is 2. The van der Waals surface area contributed by atoms with Gasteiger partial charge in [0.25, 0.3) is 0 Å². The zero-order valence-corrected chi connectivity index (χ0v) is 13.4. The van der Waals surface area contributed by atoms with Crippen LogP contribution >= 0.6 is 0 Å². The summed E-state index contributed by atoms with van der Waals surface area (Å²) in [6, 6.07) is 20.8. The van der Waals surface area contributed by atoms with Crippen LogP contribution in [0.1, 0.15) is 12.5 Å². The highest BCUT2D eigenvalue weighted by Crippen LogP contribution is 2.19. The van der Waals surface area contributed by atoms with Crippen molar-refractivity contribution in [1.29, 1.82) is 0 Å². The van der Waals surface area contributed by atoms with Crippen LogP contribution in [0.15, 0.2) is 66.7 Å². The Morgan fingerprint density at radius 1 is 0.750 bits per heavy atom. The Bertz CT molecular complexity index is 886. The number of benzene rings is 3. The predicted molar refractivity (Wildman–Crippen MR) is 97.0 cm³/mol. The number of fused-ring (bicyclic) bond motifs is 1. The molecule has 2 amide bonds. The highest BCUT2D eigenvalue weighted by molar-refractivity contribution is 6.43. The van der Waals surface area contributed by atoms with Gasteiger partial charge in [-0.3, -0.25) is 9.59 Å². The minimum atomic E-state index is -0.690. The largest absolute Gasteiger partial charge is 0.318 e. The quantitative estimate of drug-likeness (QED) is 0.718. The van der Waals surface area contributed by atoms with Gasteiger partial charge in [-0.2, -0.15) is 0 Å². The maximum absolute atomic E-state index is 12.1. The summed E-state index contributed by atoms with van der Waals surface area (Å²) in [7, 11) is 0. The third kappa shape index (κ3) is 3.60. The van der Waals surface area contributed by atoms with Gasteiger partial charge in [0.15, 0.2) is 0 Å². The highest BCUT2D eigenvalue weighted by atomic mass is 16.2. The van der Waals surface area contributed by atoms with E-state index in [2.05, 4.69) is 17.6 Å². The Labute approximate surface area is 140 Å². The van der Waals surface area contributed by atoms with Crippen LogP contribution < -0.4 is 10.6 Å². The molecular weight excluding hydrogens is 300 g/mol. The zero-order valence-electron chi connectivity index (χ0n) is 13.4. The van der Waals surface area contributed by atoms with Gasteiger partial charge < -0.3 is 10.6 Å². The van der Waals surface area contributed by atoms with Crippen LogP contribution in [-0.2, 0) is 16.0 Å². The van der Waals surface area contributed by atoms with Gasteiger partial charge in [-0.05, 0) is 47.0 Å². The summed E-state index contributed by atoms with van der Waals surface area (Å²) in [5.41, 5.74) is 2.37. The normalized spacial score (nSPS) is 10.4. The first-order valence-corrected chi connectivity index (χ1v) is 7.86. The molecule has 0 heterocycles. The van der Waals surface area contributed by atoms with Gasteiger partial charge in [0.2, 0.25) is 0 Å². The summed E-state index contributed by atoms with van der Waals surface area (Å²) in [4.78, 5) is 24.1. The molecule has 0 unspecified atom stereocenters. The molecule has 0 aliphatic rings. The Hall–Kier alpha value is -3.14. The fraction of sp³-hybridized carbons (Fsp3) is 0.100. The molecule has 0 saturated carbocycles. The van der Waals surface area contributed by atoms with Crippen molar-refractivity contribution in [1.82, 2.24) is 0 Å². The summed E-state index contributed by atoms with van der Waals surface area (Å²) >= 11 is 0. The van der Waals surface area contributed by atoms with Crippen LogP contribution in [0, 0.1) is 0 Å². The van der Waals surface area contributed by atoms with Gasteiger partial charge in [-0.25, -0.2) is 0 Å². The van der Waals surface area contributed by atoms with E-state index in [4.69, 9.17) is 0 Å². The smallest absolute Gasteiger partial charge is 0.314 e. The van der Waals surface area contributed by atoms with E-state index in [1.807, 2.05) is 48.5 Å². The van der Waals surface area contributed by atoms with Crippen molar-refractivity contribution >= 4 is 34.0 Å². The molecule has 4 nitrogen and oxygen atoms in total. The predicted octanol–water partition coefficient (Wildman–Crippen LogP) is 3.98. The molecule has 120 valence electrons. The summed E-state index contributed by atoms with van der Waals surface area (Å²) in [6.45, 7) is 2.06. The second kappa shape index (κ2) is 6.96. The lowest BCUT2D eigenvalue weighted by Crippen LogP contribution is -2.29. The van der Waals surface area contributed by atoms with Crippen molar-refractivity contribution in [3.8, 4) is 0 Å². The summed E-state index contributed by atoms with van der Waals surface area (Å²) in [5.74, 6) is -1.38. The maximum Gasteiger partial charge on any atom is 0.314 e. The monoisotopic (exact) mass is 318 g/mol. The number of hydrogen-bond acceptors (Lipinski definition) is 2. The average Bonchev–Trinajstić information content (AvgIpc) is 2.62. The van der Waals surface area contributed by atoms with Crippen LogP contribution in [0.4, 0.5) is 11.4 Å². The molecule has 3 rings (SSSR count). The maximum atomic E-state index is 12.1. The lowest BCUT2D eigenvalue weighted by atomic mass is 10.1. The molecule has 2 N–H and O–H groups in total. The average molecular weight is 318 g/mol. The molecule has 0 bridgehead atoms. The highest BCUT2D eigenvalue weighted by Gasteiger charge is 2.14. The SMILES string of the molecule is CCc1ccc(NC(=O)C(=O)Nc2ccc3ccccc3c2)cc1. The van der Waals surface area contributed by atoms with E-state index in [9.17, 15) is 9.59 Å². The summed E-state index contributed by atoms with van der Waals surface area (Å²) in [5, 5.41) is 7.31. The Morgan fingerprint density at radius 3 is 2.00 bits per heavy atom. The lowest BCUT2D eigenvalue weighted by molar-refractivity contribution is -0.132. The van der Waals surface area contributed by atoms with Crippen molar-refractivity contribution < 1.29 is 9.59 Å². The van der Waals surface area contributed by atoms with Crippen molar-refractivity contribution in [2.24, 2.45) is 0 Å². The van der Waals surface area contributed by atoms with Crippen molar-refractivity contribution in [2.75, 3.05) is 10.6 Å². The van der Waals surface area contributed by atoms with E-state index >= 15 is 0 Å². The van der Waals surface area contributed by atoms with Gasteiger partial charge >= 0.3 is 11.8 Å². The Kier molecular flexibility index (Phi) is 4.57. The molecule has 0 aromatic heterocycles. The van der Waals surface area contributed by atoms with Gasteiger partial charge in [0.05, 0.1) is 0 Å². The fourth-order valence-electron chi connectivity index (χ4n) is 2.47. The molecule has 0 fully saturated rings. The fourth-order valence-corrected chi connectivity index (χ4v) is 2.47. The van der Waals surface area contributed by atoms with E-state index in [1.54, 1.807) is 18.2 Å². The van der Waals surface area contributed by atoms with Crippen molar-refractivity contribution in [3.63, 3.8) is 0 Å². The molecule has 3 aromatic rings. The van der Waals surface area contributed by atoms with Crippen molar-refractivity contribution in [3.05, 3.63) is 72.3 Å². The molecule has 0 aliphatic carbocycles. The van der Waals surface area contributed by atoms with Gasteiger partial charge in [0.1, 0.15) is 0 Å². The number of aryl methyl sites for hydroxylation is 1. The van der Waals surface area contributed by atoms with Crippen molar-refractivity contribution in [2.45, 2.75) is 13.3 Å². The molecule has 0 radical (unpaired) electrons. The number of carbonyl (C=O) groups is 2. The topological polar surface area (TPSA) is 58.2 Å². The minimum absolute atomic E-state index is 0.593. The second-order valence-electron chi connectivity index (χ2n) is 5.52. The van der Waals surface area contributed by atoms with Crippen LogP contribution in [0.3, 0.4) is 0 Å². The number of rotatable bonds is 3. The zero-order chi connectivity index (χ0) is 16.9. The number of anilines is 2. The Balaban J connectivity index is 1.67. The standard InChI is InChI=1S/C20H18N2O2/c1-2-14-7-10-17(11-8-14)21-19(23)20(24)22-18-12-9-15-5-3-4-6-16(15)13-18/h3-13H,2H2,1H3,(H,21,23)(H,22,24). The van der Waals surface area contributed by atoms with Crippen LogP contribution in [0.2, 0.25) is 0 Å². The first kappa shape index (κ1) is 15.7. The lowest BCUT2D eigenvalue weighted by Gasteiger charge is -2.08. The first-order valence-electron chi connectivity index (χ1n) is 7.86. The molecule has 0 aliphatic heterocycles. The van der Waals surface area contributed by atoms with Gasteiger partial charge in [-0.15, -0.1) is 0 Å². The van der Waals surface area contributed by atoms with E-state index in [0.717, 1.165) is 17.2 Å². The molecular formula is C20H18N2O2. The molecule has 0 spiro atoms. The third-order valence-electron chi connectivity index (χ3n) is 3.83. The van der Waals surface area contributed by atoms with Crippen LogP contribution in [0.25, 0.3) is 10.8 Å². The van der Waals surface area contributed by atoms with E-state index in [-0.39, 0.29) is 0 Å². The van der Waals surface area contributed by atoms with E-state index < -0.39 is 11.8 Å². The minimum Gasteiger partial charge on any atom is -0.318 e. The molecule has 0 saturated heterocycles.